The van der Waals surface area contributed by atoms with Crippen LogP contribution in [0.4, 0.5) is 5.69 Å². The van der Waals surface area contributed by atoms with Crippen molar-refractivity contribution < 1.29 is 4.79 Å². The highest BCUT2D eigenvalue weighted by Crippen LogP contribution is 2.13. The highest BCUT2D eigenvalue weighted by atomic mass is 79.9. The van der Waals surface area contributed by atoms with Gasteiger partial charge in [-0.05, 0) is 27.9 Å². The van der Waals surface area contributed by atoms with E-state index < -0.39 is 0 Å². The number of hydrogen-bond acceptors (Lipinski definition) is 3. The Morgan fingerprint density at radius 1 is 1.47 bits per heavy atom. The summed E-state index contributed by atoms with van der Waals surface area (Å²) >= 11 is 3.34. The predicted molar refractivity (Wildman–Crippen MR) is 72.9 cm³/mol. The fraction of sp³-hybridized carbons (Fsp3) is 0.500. The first kappa shape index (κ1) is 14.0. The van der Waals surface area contributed by atoms with Crippen LogP contribution in [0.2, 0.25) is 0 Å². The average Bonchev–Trinajstić information content (AvgIpc) is 2.26. The van der Waals surface area contributed by atoms with Gasteiger partial charge in [0, 0.05) is 30.2 Å². The van der Waals surface area contributed by atoms with Crippen LogP contribution in [0.5, 0.6) is 0 Å². The molecule has 1 rings (SSSR count). The Hall–Kier alpha value is -1.10. The molecule has 4 nitrogen and oxygen atoms in total. The number of carbonyl (C=O) groups is 1. The van der Waals surface area contributed by atoms with Crippen molar-refractivity contribution in [3.05, 3.63) is 22.9 Å². The Balaban J connectivity index is 2.21. The number of aromatic nitrogens is 1. The van der Waals surface area contributed by atoms with Crippen LogP contribution in [0.3, 0.4) is 0 Å². The maximum Gasteiger partial charge on any atom is 0.221 e. The van der Waals surface area contributed by atoms with Crippen LogP contribution in [0.15, 0.2) is 22.9 Å². The molecule has 1 aromatic rings. The summed E-state index contributed by atoms with van der Waals surface area (Å²) in [5, 5.41) is 6.03. The fourth-order valence-corrected chi connectivity index (χ4v) is 1.60. The summed E-state index contributed by atoms with van der Waals surface area (Å²) in [5.41, 5.74) is 0.913. The molecule has 0 aromatic carbocycles. The number of hydrogen-bond donors (Lipinski definition) is 2. The van der Waals surface area contributed by atoms with Crippen molar-refractivity contribution in [1.29, 1.82) is 0 Å². The summed E-state index contributed by atoms with van der Waals surface area (Å²) in [6.07, 6.45) is 3.93. The number of carbonyl (C=O) groups excluding carboxylic acids is 1. The van der Waals surface area contributed by atoms with Gasteiger partial charge in [0.25, 0.3) is 0 Å². The van der Waals surface area contributed by atoms with Gasteiger partial charge in [0.05, 0.1) is 11.9 Å². The molecule has 0 spiro atoms. The summed E-state index contributed by atoms with van der Waals surface area (Å²) in [6.45, 7) is 5.50. The topological polar surface area (TPSA) is 54.0 Å². The molecule has 1 aromatic heterocycles. The van der Waals surface area contributed by atoms with Gasteiger partial charge in [0.2, 0.25) is 5.91 Å². The van der Waals surface area contributed by atoms with Crippen molar-refractivity contribution in [3.8, 4) is 0 Å². The second kappa shape index (κ2) is 7.27. The summed E-state index contributed by atoms with van der Waals surface area (Å²) in [4.78, 5) is 15.5. The maximum absolute atomic E-state index is 11.4. The van der Waals surface area contributed by atoms with Crippen LogP contribution in [0.25, 0.3) is 0 Å². The monoisotopic (exact) mass is 299 g/mol. The smallest absolute Gasteiger partial charge is 0.221 e. The van der Waals surface area contributed by atoms with E-state index in [-0.39, 0.29) is 5.91 Å². The zero-order chi connectivity index (χ0) is 12.7. The molecule has 5 heteroatoms. The largest absolute Gasteiger partial charge is 0.383 e. The molecular weight excluding hydrogens is 282 g/mol. The summed E-state index contributed by atoms with van der Waals surface area (Å²) in [7, 11) is 0. The van der Waals surface area contributed by atoms with Gasteiger partial charge in [-0.3, -0.25) is 9.78 Å². The van der Waals surface area contributed by atoms with Gasteiger partial charge in [-0.15, -0.1) is 0 Å². The van der Waals surface area contributed by atoms with E-state index in [1.807, 2.05) is 6.07 Å². The van der Waals surface area contributed by atoms with Crippen LogP contribution >= 0.6 is 15.9 Å². The number of rotatable bonds is 6. The van der Waals surface area contributed by atoms with Crippen molar-refractivity contribution in [2.75, 3.05) is 18.4 Å². The van der Waals surface area contributed by atoms with Crippen molar-refractivity contribution in [2.45, 2.75) is 20.3 Å². The molecule has 1 amide bonds. The molecule has 0 bridgehead atoms. The summed E-state index contributed by atoms with van der Waals surface area (Å²) in [5.74, 6) is 0.565. The molecule has 0 aliphatic heterocycles. The number of anilines is 1. The molecule has 17 heavy (non-hydrogen) atoms. The average molecular weight is 300 g/mol. The molecular formula is C12H18BrN3O. The van der Waals surface area contributed by atoms with Gasteiger partial charge in [-0.25, -0.2) is 0 Å². The molecule has 0 unspecified atom stereocenters. The third kappa shape index (κ3) is 6.26. The van der Waals surface area contributed by atoms with Gasteiger partial charge in [0.15, 0.2) is 0 Å². The molecule has 0 fully saturated rings. The van der Waals surface area contributed by atoms with Gasteiger partial charge in [-0.1, -0.05) is 13.8 Å². The minimum Gasteiger partial charge on any atom is -0.383 e. The number of amides is 1. The fourth-order valence-electron chi connectivity index (χ4n) is 1.24. The second-order valence-corrected chi connectivity index (χ2v) is 5.18. The molecule has 0 saturated heterocycles. The molecule has 0 aliphatic rings. The van der Waals surface area contributed by atoms with E-state index in [1.54, 1.807) is 12.4 Å². The van der Waals surface area contributed by atoms with Gasteiger partial charge in [-0.2, -0.15) is 0 Å². The van der Waals surface area contributed by atoms with Crippen LogP contribution in [0.1, 0.15) is 20.3 Å². The highest BCUT2D eigenvalue weighted by molar-refractivity contribution is 9.10. The minimum absolute atomic E-state index is 0.0779. The van der Waals surface area contributed by atoms with Gasteiger partial charge < -0.3 is 10.6 Å². The number of pyridine rings is 1. The number of nitrogens with zero attached hydrogens (tertiary/aromatic N) is 1. The third-order valence-electron chi connectivity index (χ3n) is 2.09. The quantitative estimate of drug-likeness (QED) is 0.848. The lowest BCUT2D eigenvalue weighted by molar-refractivity contribution is -0.120. The molecule has 0 radical (unpaired) electrons. The minimum atomic E-state index is 0.0779. The third-order valence-corrected chi connectivity index (χ3v) is 2.53. The Bertz CT molecular complexity index is 369. The molecule has 0 atom stereocenters. The second-order valence-electron chi connectivity index (χ2n) is 4.27. The van der Waals surface area contributed by atoms with E-state index in [1.165, 1.54) is 0 Å². The van der Waals surface area contributed by atoms with Crippen LogP contribution in [0, 0.1) is 5.92 Å². The van der Waals surface area contributed by atoms with Crippen LogP contribution < -0.4 is 10.6 Å². The molecule has 0 saturated carbocycles. The van der Waals surface area contributed by atoms with Crippen molar-refractivity contribution in [1.82, 2.24) is 10.3 Å². The molecule has 2 N–H and O–H groups in total. The molecule has 94 valence electrons. The SMILES string of the molecule is CC(C)CNC(=O)CCNc1cncc(Br)c1. The van der Waals surface area contributed by atoms with E-state index in [4.69, 9.17) is 0 Å². The van der Waals surface area contributed by atoms with Crippen LogP contribution in [-0.4, -0.2) is 24.0 Å². The molecule has 1 heterocycles. The van der Waals surface area contributed by atoms with Gasteiger partial charge in [0.1, 0.15) is 0 Å². The van der Waals surface area contributed by atoms with E-state index >= 15 is 0 Å². The Morgan fingerprint density at radius 3 is 2.88 bits per heavy atom. The zero-order valence-corrected chi connectivity index (χ0v) is 11.8. The first-order chi connectivity index (χ1) is 8.08. The molecule has 0 aliphatic carbocycles. The van der Waals surface area contributed by atoms with Gasteiger partial charge >= 0.3 is 0 Å². The lowest BCUT2D eigenvalue weighted by atomic mass is 10.2. The van der Waals surface area contributed by atoms with E-state index in [0.717, 1.165) is 16.7 Å². The zero-order valence-electron chi connectivity index (χ0n) is 10.2. The maximum atomic E-state index is 11.4. The lowest BCUT2D eigenvalue weighted by Crippen LogP contribution is -2.28. The van der Waals surface area contributed by atoms with Crippen molar-refractivity contribution in [3.63, 3.8) is 0 Å². The summed E-state index contributed by atoms with van der Waals surface area (Å²) in [6, 6.07) is 1.93. The standard InChI is InChI=1S/C12H18BrN3O/c1-9(2)6-16-12(17)3-4-15-11-5-10(13)7-14-8-11/h5,7-9,15H,3-4,6H2,1-2H3,(H,16,17). The van der Waals surface area contributed by atoms with Crippen molar-refractivity contribution >= 4 is 27.5 Å². The van der Waals surface area contributed by atoms with E-state index in [2.05, 4.69) is 45.4 Å². The number of nitrogens with one attached hydrogen (secondary N) is 2. The number of halogens is 1. The Morgan fingerprint density at radius 2 is 2.24 bits per heavy atom. The summed E-state index contributed by atoms with van der Waals surface area (Å²) < 4.78 is 0.923. The van der Waals surface area contributed by atoms with E-state index in [0.29, 0.717) is 18.9 Å². The Kier molecular flexibility index (Phi) is 5.97. The van der Waals surface area contributed by atoms with Crippen molar-refractivity contribution in [2.24, 2.45) is 5.92 Å². The Labute approximate surface area is 110 Å². The first-order valence-corrected chi connectivity index (χ1v) is 6.48. The lowest BCUT2D eigenvalue weighted by Gasteiger charge is -2.08. The normalized spacial score (nSPS) is 10.4. The van der Waals surface area contributed by atoms with E-state index in [9.17, 15) is 4.79 Å². The highest BCUT2D eigenvalue weighted by Gasteiger charge is 2.02. The predicted octanol–water partition coefficient (Wildman–Crippen LogP) is 2.42. The first-order valence-electron chi connectivity index (χ1n) is 5.69. The van der Waals surface area contributed by atoms with Crippen LogP contribution in [-0.2, 0) is 4.79 Å².